The minimum absolute atomic E-state index is 0.136. The maximum absolute atomic E-state index is 12.6. The van der Waals surface area contributed by atoms with Crippen molar-refractivity contribution >= 4 is 5.78 Å². The first-order valence-electron chi connectivity index (χ1n) is 7.27. The van der Waals surface area contributed by atoms with Crippen LogP contribution in [0, 0.1) is 13.8 Å². The lowest BCUT2D eigenvalue weighted by Gasteiger charge is -2.32. The third-order valence-corrected chi connectivity index (χ3v) is 4.06. The Morgan fingerprint density at radius 3 is 2.68 bits per heavy atom. The van der Waals surface area contributed by atoms with Crippen LogP contribution in [0.15, 0.2) is 6.07 Å². The molecular weight excluding hydrogens is 297 g/mol. The summed E-state index contributed by atoms with van der Waals surface area (Å²) in [5, 5.41) is 0. The summed E-state index contributed by atoms with van der Waals surface area (Å²) in [6, 6.07) is 1.69. The minimum atomic E-state index is -4.30. The molecule has 22 heavy (non-hydrogen) atoms. The molecule has 7 heteroatoms. The smallest absolute Gasteiger partial charge is 0.379 e. The van der Waals surface area contributed by atoms with Crippen LogP contribution in [0.4, 0.5) is 13.2 Å². The Kier molecular flexibility index (Phi) is 4.97. The first kappa shape index (κ1) is 17.0. The third kappa shape index (κ3) is 3.89. The highest BCUT2D eigenvalue weighted by atomic mass is 19.4. The van der Waals surface area contributed by atoms with E-state index in [0.29, 0.717) is 36.7 Å². The highest BCUT2D eigenvalue weighted by Gasteiger charge is 2.31. The van der Waals surface area contributed by atoms with Gasteiger partial charge in [0.2, 0.25) is 0 Å². The lowest BCUT2D eigenvalue weighted by molar-refractivity contribution is -0.141. The van der Waals surface area contributed by atoms with Gasteiger partial charge in [0.1, 0.15) is 6.54 Å². The standard InChI is InChI=1S/C15H21F3N2O2/c1-10-6-13(12(3)20(10)9-15(16,17)18)14(21)7-19-4-5-22-8-11(19)2/h6,11H,4-5,7-9H2,1-3H3/t11-/m1/s1. The van der Waals surface area contributed by atoms with E-state index in [2.05, 4.69) is 0 Å². The highest BCUT2D eigenvalue weighted by Crippen LogP contribution is 2.23. The number of hydrogen-bond acceptors (Lipinski definition) is 3. The molecule has 1 aromatic rings. The fraction of sp³-hybridized carbons (Fsp3) is 0.667. The number of nitrogens with zero attached hydrogens (tertiary/aromatic N) is 2. The number of ketones is 1. The normalized spacial score (nSPS) is 20.4. The van der Waals surface area contributed by atoms with Gasteiger partial charge in [0.15, 0.2) is 5.78 Å². The average molecular weight is 318 g/mol. The molecular formula is C15H21F3N2O2. The number of carbonyl (C=O) groups is 1. The van der Waals surface area contributed by atoms with Gasteiger partial charge in [-0.3, -0.25) is 9.69 Å². The molecule has 0 radical (unpaired) electrons. The van der Waals surface area contributed by atoms with Crippen LogP contribution in [-0.2, 0) is 11.3 Å². The van der Waals surface area contributed by atoms with E-state index in [1.807, 2.05) is 11.8 Å². The Labute approximate surface area is 127 Å². The van der Waals surface area contributed by atoms with Gasteiger partial charge in [-0.25, -0.2) is 0 Å². The van der Waals surface area contributed by atoms with E-state index in [4.69, 9.17) is 4.74 Å². The number of alkyl halides is 3. The van der Waals surface area contributed by atoms with Gasteiger partial charge < -0.3 is 9.30 Å². The van der Waals surface area contributed by atoms with Crippen LogP contribution >= 0.6 is 0 Å². The van der Waals surface area contributed by atoms with Gasteiger partial charge in [0, 0.05) is 29.5 Å². The second kappa shape index (κ2) is 6.42. The van der Waals surface area contributed by atoms with Crippen LogP contribution < -0.4 is 0 Å². The van der Waals surface area contributed by atoms with Crippen molar-refractivity contribution in [2.75, 3.05) is 26.3 Å². The molecule has 0 spiro atoms. The fourth-order valence-corrected chi connectivity index (χ4v) is 2.77. The second-order valence-corrected chi connectivity index (χ2v) is 5.80. The van der Waals surface area contributed by atoms with Gasteiger partial charge in [-0.1, -0.05) is 0 Å². The van der Waals surface area contributed by atoms with Crippen molar-refractivity contribution in [2.24, 2.45) is 0 Å². The summed E-state index contributed by atoms with van der Waals surface area (Å²) in [5.74, 6) is -0.143. The molecule has 124 valence electrons. The molecule has 0 unspecified atom stereocenters. The number of aryl methyl sites for hydroxylation is 1. The molecule has 1 saturated heterocycles. The number of aromatic nitrogens is 1. The molecule has 0 aromatic carbocycles. The number of ether oxygens (including phenoxy) is 1. The summed E-state index contributed by atoms with van der Waals surface area (Å²) in [5.41, 5.74) is 1.20. The van der Waals surface area contributed by atoms with Crippen molar-refractivity contribution in [1.29, 1.82) is 0 Å². The van der Waals surface area contributed by atoms with E-state index < -0.39 is 12.7 Å². The zero-order valence-corrected chi connectivity index (χ0v) is 13.0. The van der Waals surface area contributed by atoms with E-state index in [0.717, 1.165) is 4.57 Å². The van der Waals surface area contributed by atoms with Crippen LogP contribution in [0.25, 0.3) is 0 Å². The number of halogens is 3. The molecule has 0 bridgehead atoms. The molecule has 1 aliphatic heterocycles. The molecule has 2 rings (SSSR count). The molecule has 1 fully saturated rings. The number of hydrogen-bond donors (Lipinski definition) is 0. The summed E-state index contributed by atoms with van der Waals surface area (Å²) in [6.45, 7) is 6.08. The van der Waals surface area contributed by atoms with E-state index in [-0.39, 0.29) is 18.4 Å². The summed E-state index contributed by atoms with van der Waals surface area (Å²) < 4.78 is 44.3. The van der Waals surface area contributed by atoms with Crippen LogP contribution in [0.5, 0.6) is 0 Å². The van der Waals surface area contributed by atoms with Gasteiger partial charge in [0.25, 0.3) is 0 Å². The first-order chi connectivity index (χ1) is 10.2. The quantitative estimate of drug-likeness (QED) is 0.800. The molecule has 0 N–H and O–H groups in total. The van der Waals surface area contributed by atoms with E-state index in [9.17, 15) is 18.0 Å². The van der Waals surface area contributed by atoms with Crippen LogP contribution in [-0.4, -0.2) is 53.8 Å². The molecule has 0 saturated carbocycles. The molecule has 1 aromatic heterocycles. The van der Waals surface area contributed by atoms with E-state index in [1.54, 1.807) is 19.9 Å². The first-order valence-corrected chi connectivity index (χ1v) is 7.27. The summed E-state index contributed by atoms with van der Waals surface area (Å²) >= 11 is 0. The second-order valence-electron chi connectivity index (χ2n) is 5.80. The Hall–Kier alpha value is -1.34. The van der Waals surface area contributed by atoms with Gasteiger partial charge in [-0.05, 0) is 26.8 Å². The Balaban J connectivity index is 2.15. The Bertz CT molecular complexity index is 552. The minimum Gasteiger partial charge on any atom is -0.379 e. The predicted octanol–water partition coefficient (Wildman–Crippen LogP) is 2.57. The summed E-state index contributed by atoms with van der Waals surface area (Å²) in [7, 11) is 0. The SMILES string of the molecule is Cc1cc(C(=O)CN2CCOC[C@H]2C)c(C)n1CC(F)(F)F. The van der Waals surface area contributed by atoms with Crippen molar-refractivity contribution in [3.05, 3.63) is 23.0 Å². The van der Waals surface area contributed by atoms with Crippen LogP contribution in [0.2, 0.25) is 0 Å². The maximum atomic E-state index is 12.6. The molecule has 0 aliphatic carbocycles. The highest BCUT2D eigenvalue weighted by molar-refractivity contribution is 5.99. The number of rotatable bonds is 4. The monoisotopic (exact) mass is 318 g/mol. The van der Waals surface area contributed by atoms with Gasteiger partial charge >= 0.3 is 6.18 Å². The van der Waals surface area contributed by atoms with Crippen molar-refractivity contribution in [1.82, 2.24) is 9.47 Å². The fourth-order valence-electron chi connectivity index (χ4n) is 2.77. The molecule has 1 atom stereocenters. The van der Waals surface area contributed by atoms with Crippen molar-refractivity contribution < 1.29 is 22.7 Å². The van der Waals surface area contributed by atoms with Crippen LogP contribution in [0.1, 0.15) is 28.7 Å². The third-order valence-electron chi connectivity index (χ3n) is 4.06. The van der Waals surface area contributed by atoms with E-state index in [1.165, 1.54) is 0 Å². The molecule has 1 aliphatic rings. The Morgan fingerprint density at radius 1 is 1.41 bits per heavy atom. The van der Waals surface area contributed by atoms with E-state index >= 15 is 0 Å². The zero-order chi connectivity index (χ0) is 16.5. The molecule has 4 nitrogen and oxygen atoms in total. The maximum Gasteiger partial charge on any atom is 0.406 e. The predicted molar refractivity (Wildman–Crippen MR) is 76.1 cm³/mol. The van der Waals surface area contributed by atoms with Crippen molar-refractivity contribution in [2.45, 2.75) is 39.5 Å². The number of carbonyl (C=O) groups excluding carboxylic acids is 1. The van der Waals surface area contributed by atoms with Crippen molar-refractivity contribution in [3.8, 4) is 0 Å². The Morgan fingerprint density at radius 2 is 2.09 bits per heavy atom. The lowest BCUT2D eigenvalue weighted by Crippen LogP contribution is -2.46. The molecule has 2 heterocycles. The zero-order valence-electron chi connectivity index (χ0n) is 13.0. The number of morpholine rings is 1. The van der Waals surface area contributed by atoms with Gasteiger partial charge in [-0.2, -0.15) is 13.2 Å². The summed E-state index contributed by atoms with van der Waals surface area (Å²) in [4.78, 5) is 14.4. The van der Waals surface area contributed by atoms with Crippen LogP contribution in [0.3, 0.4) is 0 Å². The molecule has 0 amide bonds. The number of Topliss-reactive ketones (excluding diaryl/α,β-unsaturated/α-hetero) is 1. The largest absolute Gasteiger partial charge is 0.406 e. The lowest BCUT2D eigenvalue weighted by atomic mass is 10.1. The van der Waals surface area contributed by atoms with Gasteiger partial charge in [-0.15, -0.1) is 0 Å². The topological polar surface area (TPSA) is 34.5 Å². The van der Waals surface area contributed by atoms with Gasteiger partial charge in [0.05, 0.1) is 19.8 Å². The average Bonchev–Trinajstić information content (AvgIpc) is 2.68. The van der Waals surface area contributed by atoms with Crippen molar-refractivity contribution in [3.63, 3.8) is 0 Å². The summed E-state index contributed by atoms with van der Waals surface area (Å²) in [6.07, 6.45) is -4.30.